The van der Waals surface area contributed by atoms with Crippen LogP contribution in [0.25, 0.3) is 0 Å². The number of nitrogens with zero attached hydrogens (tertiary/aromatic N) is 2. The van der Waals surface area contributed by atoms with Crippen LogP contribution < -0.4 is 9.80 Å². The molecule has 0 unspecified atom stereocenters. The summed E-state index contributed by atoms with van der Waals surface area (Å²) in [6.45, 7) is 8.37. The molecule has 0 N–H and O–H groups in total. The summed E-state index contributed by atoms with van der Waals surface area (Å²) in [7, 11) is 4.29. The van der Waals surface area contributed by atoms with Crippen LogP contribution in [0.4, 0.5) is 11.4 Å². The summed E-state index contributed by atoms with van der Waals surface area (Å²) in [6.07, 6.45) is 4.52. The van der Waals surface area contributed by atoms with Gasteiger partial charge in [-0.25, -0.2) is 0 Å². The molecule has 2 nitrogen and oxygen atoms in total. The Bertz CT molecular complexity index is 445. The van der Waals surface area contributed by atoms with Crippen LogP contribution in [0.5, 0.6) is 0 Å². The Morgan fingerprint density at radius 1 is 1.17 bits per heavy atom. The molecular weight excluding hydrogens is 220 g/mol. The number of allylic oxidation sites excluding steroid dienone is 1. The van der Waals surface area contributed by atoms with Crippen LogP contribution in [0.2, 0.25) is 0 Å². The lowest BCUT2D eigenvalue weighted by Crippen LogP contribution is -2.40. The van der Waals surface area contributed by atoms with Gasteiger partial charge >= 0.3 is 0 Å². The number of fused-ring (bicyclic) bond motifs is 1. The third kappa shape index (κ3) is 2.03. The fourth-order valence-corrected chi connectivity index (χ4v) is 2.68. The van der Waals surface area contributed by atoms with Gasteiger partial charge in [-0.3, -0.25) is 0 Å². The Morgan fingerprint density at radius 2 is 1.67 bits per heavy atom. The smallest absolute Gasteiger partial charge is 0.127 e. The number of hydrogen-bond donors (Lipinski definition) is 0. The van der Waals surface area contributed by atoms with Gasteiger partial charge in [0.1, 0.15) is 6.17 Å². The Labute approximate surface area is 110 Å². The first-order chi connectivity index (χ1) is 8.56. The molecule has 0 amide bonds. The maximum Gasteiger partial charge on any atom is 0.127 e. The van der Waals surface area contributed by atoms with Gasteiger partial charge in [0, 0.05) is 14.1 Å². The van der Waals surface area contributed by atoms with Crippen molar-refractivity contribution < 1.29 is 0 Å². The normalized spacial score (nSPS) is 16.4. The zero-order chi connectivity index (χ0) is 13.3. The highest BCUT2D eigenvalue weighted by molar-refractivity contribution is 5.78. The molecule has 1 aromatic carbocycles. The number of benzene rings is 1. The lowest BCUT2D eigenvalue weighted by Gasteiger charge is -2.29. The molecule has 96 valence electrons. The predicted molar refractivity (Wildman–Crippen MR) is 80.2 cm³/mol. The van der Waals surface area contributed by atoms with Crippen molar-refractivity contribution in [3.8, 4) is 0 Å². The van der Waals surface area contributed by atoms with Gasteiger partial charge in [-0.2, -0.15) is 0 Å². The first-order valence-corrected chi connectivity index (χ1v) is 6.45. The van der Waals surface area contributed by atoms with Crippen molar-refractivity contribution in [2.75, 3.05) is 23.9 Å². The minimum atomic E-state index is 0.252. The first-order valence-electron chi connectivity index (χ1n) is 6.45. The number of anilines is 2. The van der Waals surface area contributed by atoms with E-state index in [1.165, 1.54) is 16.9 Å². The predicted octanol–water partition coefficient (Wildman–Crippen LogP) is 3.67. The SMILES string of the molecule is C=C/C(=C\C(C)C)C1N(C)c2ccccc2N1C. The quantitative estimate of drug-likeness (QED) is 0.746. The Hall–Kier alpha value is -1.70. The van der Waals surface area contributed by atoms with Crippen LogP contribution in [0.15, 0.2) is 48.6 Å². The van der Waals surface area contributed by atoms with E-state index in [2.05, 4.69) is 74.7 Å². The maximum atomic E-state index is 3.97. The van der Waals surface area contributed by atoms with E-state index in [-0.39, 0.29) is 6.17 Å². The standard InChI is InChI=1S/C16H22N2/c1-6-13(11-12(2)3)16-17(4)14-9-7-8-10-15(14)18(16)5/h6-12,16H,1H2,2-5H3/b13-11+. The number of hydrogen-bond acceptors (Lipinski definition) is 2. The monoisotopic (exact) mass is 242 g/mol. The van der Waals surface area contributed by atoms with Gasteiger partial charge < -0.3 is 9.80 Å². The molecule has 1 heterocycles. The highest BCUT2D eigenvalue weighted by atomic mass is 15.4. The average molecular weight is 242 g/mol. The van der Waals surface area contributed by atoms with Gasteiger partial charge in [0.15, 0.2) is 0 Å². The molecule has 0 fully saturated rings. The molecular formula is C16H22N2. The molecule has 1 aliphatic rings. The Balaban J connectivity index is 2.41. The number of para-hydroxylation sites is 2. The van der Waals surface area contributed by atoms with Gasteiger partial charge in [-0.05, 0) is 23.6 Å². The zero-order valence-corrected chi connectivity index (χ0v) is 11.7. The average Bonchev–Trinajstić information content (AvgIpc) is 2.60. The van der Waals surface area contributed by atoms with E-state index >= 15 is 0 Å². The van der Waals surface area contributed by atoms with E-state index in [0.717, 1.165) is 0 Å². The number of rotatable bonds is 3. The Kier molecular flexibility index (Phi) is 3.46. The molecule has 0 radical (unpaired) electrons. The van der Waals surface area contributed by atoms with E-state index in [1.54, 1.807) is 0 Å². The van der Waals surface area contributed by atoms with E-state index in [9.17, 15) is 0 Å². The fourth-order valence-electron chi connectivity index (χ4n) is 2.68. The van der Waals surface area contributed by atoms with Crippen molar-refractivity contribution in [1.29, 1.82) is 0 Å². The second-order valence-electron chi connectivity index (χ2n) is 5.20. The van der Waals surface area contributed by atoms with Crippen LogP contribution >= 0.6 is 0 Å². The molecule has 1 aromatic rings. The van der Waals surface area contributed by atoms with Crippen LogP contribution in [0.3, 0.4) is 0 Å². The van der Waals surface area contributed by atoms with Gasteiger partial charge in [0.05, 0.1) is 11.4 Å². The molecule has 18 heavy (non-hydrogen) atoms. The molecule has 2 heteroatoms. The molecule has 2 rings (SSSR count). The van der Waals surface area contributed by atoms with Gasteiger partial charge in [0.2, 0.25) is 0 Å². The largest absolute Gasteiger partial charge is 0.349 e. The molecule has 0 bridgehead atoms. The van der Waals surface area contributed by atoms with Crippen molar-refractivity contribution >= 4 is 11.4 Å². The molecule has 0 aliphatic carbocycles. The second kappa shape index (κ2) is 4.89. The summed E-state index contributed by atoms with van der Waals surface area (Å²) in [4.78, 5) is 4.62. The van der Waals surface area contributed by atoms with E-state index in [4.69, 9.17) is 0 Å². The van der Waals surface area contributed by atoms with Crippen molar-refractivity contribution in [1.82, 2.24) is 0 Å². The molecule has 0 aromatic heterocycles. The summed E-state index contributed by atoms with van der Waals surface area (Å²) < 4.78 is 0. The lowest BCUT2D eigenvalue weighted by molar-refractivity contribution is 0.727. The highest BCUT2D eigenvalue weighted by Gasteiger charge is 2.32. The topological polar surface area (TPSA) is 6.48 Å². The third-order valence-electron chi connectivity index (χ3n) is 3.44. The molecule has 1 aliphatic heterocycles. The second-order valence-corrected chi connectivity index (χ2v) is 5.20. The van der Waals surface area contributed by atoms with Crippen molar-refractivity contribution in [3.63, 3.8) is 0 Å². The maximum absolute atomic E-state index is 3.97. The minimum absolute atomic E-state index is 0.252. The van der Waals surface area contributed by atoms with Crippen LogP contribution in [0, 0.1) is 5.92 Å². The summed E-state index contributed by atoms with van der Waals surface area (Å²) in [6, 6.07) is 8.51. The van der Waals surface area contributed by atoms with Gasteiger partial charge in [0.25, 0.3) is 0 Å². The van der Waals surface area contributed by atoms with Gasteiger partial charge in [-0.1, -0.05) is 44.7 Å². The first kappa shape index (κ1) is 12.7. The highest BCUT2D eigenvalue weighted by Crippen LogP contribution is 2.39. The zero-order valence-electron chi connectivity index (χ0n) is 11.7. The Morgan fingerprint density at radius 3 is 2.06 bits per heavy atom. The lowest BCUT2D eigenvalue weighted by atomic mass is 10.1. The van der Waals surface area contributed by atoms with Gasteiger partial charge in [-0.15, -0.1) is 0 Å². The fraction of sp³-hybridized carbons (Fsp3) is 0.375. The summed E-state index contributed by atoms with van der Waals surface area (Å²) in [5, 5.41) is 0. The van der Waals surface area contributed by atoms with E-state index in [0.29, 0.717) is 5.92 Å². The van der Waals surface area contributed by atoms with Crippen molar-refractivity contribution in [3.05, 3.63) is 48.6 Å². The van der Waals surface area contributed by atoms with Crippen LogP contribution in [-0.4, -0.2) is 20.3 Å². The molecule has 0 spiro atoms. The van der Waals surface area contributed by atoms with E-state index < -0.39 is 0 Å². The summed E-state index contributed by atoms with van der Waals surface area (Å²) in [5.41, 5.74) is 3.83. The van der Waals surface area contributed by atoms with Crippen LogP contribution in [-0.2, 0) is 0 Å². The third-order valence-corrected chi connectivity index (χ3v) is 3.44. The molecule has 0 atom stereocenters. The van der Waals surface area contributed by atoms with E-state index in [1.807, 2.05) is 6.08 Å². The van der Waals surface area contributed by atoms with Crippen molar-refractivity contribution in [2.24, 2.45) is 5.92 Å². The minimum Gasteiger partial charge on any atom is -0.349 e. The van der Waals surface area contributed by atoms with Crippen molar-refractivity contribution in [2.45, 2.75) is 20.0 Å². The summed E-state index contributed by atoms with van der Waals surface area (Å²) in [5.74, 6) is 0.531. The summed E-state index contributed by atoms with van der Waals surface area (Å²) >= 11 is 0. The number of likely N-dealkylation sites (N-methyl/N-ethyl adjacent to an activating group) is 2. The molecule has 0 saturated heterocycles. The van der Waals surface area contributed by atoms with Crippen LogP contribution in [0.1, 0.15) is 13.8 Å². The molecule has 0 saturated carbocycles.